The van der Waals surface area contributed by atoms with E-state index in [1.807, 2.05) is 0 Å². The van der Waals surface area contributed by atoms with Gasteiger partial charge in [-0.05, 0) is 24.3 Å². The lowest BCUT2D eigenvalue weighted by molar-refractivity contribution is 0.292. The Kier molecular flexibility index (Phi) is 2.84. The molecular formula is C10H19NO2S. The normalized spacial score (nSPS) is 37.8. The fourth-order valence-corrected chi connectivity index (χ4v) is 5.40. The molecule has 3 nitrogen and oxygen atoms in total. The predicted molar refractivity (Wildman–Crippen MR) is 56.6 cm³/mol. The average molecular weight is 217 g/mol. The molecule has 0 aromatic rings. The van der Waals surface area contributed by atoms with E-state index < -0.39 is 9.84 Å². The van der Waals surface area contributed by atoms with Crippen molar-refractivity contribution in [3.05, 3.63) is 0 Å². The third-order valence-corrected chi connectivity index (χ3v) is 5.66. The molecule has 2 aliphatic rings. The molecule has 14 heavy (non-hydrogen) atoms. The van der Waals surface area contributed by atoms with Crippen molar-refractivity contribution in [3.8, 4) is 0 Å². The van der Waals surface area contributed by atoms with Crippen LogP contribution in [0.25, 0.3) is 0 Å². The zero-order valence-electron chi connectivity index (χ0n) is 8.48. The number of rotatable bonds is 2. The molecule has 0 aromatic heterocycles. The van der Waals surface area contributed by atoms with Crippen LogP contribution < -0.4 is 5.73 Å². The van der Waals surface area contributed by atoms with Crippen LogP contribution in [0.1, 0.15) is 25.7 Å². The van der Waals surface area contributed by atoms with Crippen molar-refractivity contribution in [2.24, 2.45) is 23.5 Å². The first-order chi connectivity index (χ1) is 6.62. The fraction of sp³-hybridized carbons (Fsp3) is 1.00. The van der Waals surface area contributed by atoms with E-state index in [2.05, 4.69) is 0 Å². The first-order valence-electron chi connectivity index (χ1n) is 5.53. The van der Waals surface area contributed by atoms with Crippen LogP contribution in [0.15, 0.2) is 0 Å². The largest absolute Gasteiger partial charge is 0.330 e. The van der Waals surface area contributed by atoms with Crippen LogP contribution in [0.4, 0.5) is 0 Å². The lowest BCUT2D eigenvalue weighted by Crippen LogP contribution is -2.26. The van der Waals surface area contributed by atoms with Crippen molar-refractivity contribution in [2.45, 2.75) is 25.7 Å². The maximum Gasteiger partial charge on any atom is 0.150 e. The molecule has 1 heterocycles. The summed E-state index contributed by atoms with van der Waals surface area (Å²) in [6, 6.07) is 0. The molecule has 2 fully saturated rings. The fourth-order valence-electron chi connectivity index (χ4n) is 3.10. The molecule has 0 spiro atoms. The Hall–Kier alpha value is -0.0900. The minimum Gasteiger partial charge on any atom is -0.330 e. The van der Waals surface area contributed by atoms with Gasteiger partial charge in [0.05, 0.1) is 11.5 Å². The van der Waals surface area contributed by atoms with E-state index in [0.717, 1.165) is 0 Å². The van der Waals surface area contributed by atoms with E-state index in [4.69, 9.17) is 5.73 Å². The van der Waals surface area contributed by atoms with Gasteiger partial charge in [0.25, 0.3) is 0 Å². The molecular weight excluding hydrogens is 198 g/mol. The summed E-state index contributed by atoms with van der Waals surface area (Å²) < 4.78 is 23.0. The number of hydrogen-bond acceptors (Lipinski definition) is 3. The van der Waals surface area contributed by atoms with E-state index in [9.17, 15) is 8.42 Å². The van der Waals surface area contributed by atoms with Crippen LogP contribution in [0.2, 0.25) is 0 Å². The second-order valence-electron chi connectivity index (χ2n) is 4.78. The summed E-state index contributed by atoms with van der Waals surface area (Å²) in [6.07, 6.45) is 4.99. The van der Waals surface area contributed by atoms with E-state index in [1.54, 1.807) is 0 Å². The number of sulfone groups is 1. The summed E-state index contributed by atoms with van der Waals surface area (Å²) in [5.41, 5.74) is 5.65. The Morgan fingerprint density at radius 3 is 2.36 bits per heavy atom. The molecule has 0 radical (unpaired) electrons. The monoisotopic (exact) mass is 217 g/mol. The number of nitrogens with two attached hydrogens (primary N) is 1. The first kappa shape index (κ1) is 10.4. The Morgan fingerprint density at radius 2 is 1.79 bits per heavy atom. The van der Waals surface area contributed by atoms with Gasteiger partial charge in [-0.25, -0.2) is 8.42 Å². The van der Waals surface area contributed by atoms with Crippen molar-refractivity contribution in [2.75, 3.05) is 18.1 Å². The van der Waals surface area contributed by atoms with Crippen molar-refractivity contribution >= 4 is 9.84 Å². The zero-order chi connectivity index (χ0) is 10.2. The van der Waals surface area contributed by atoms with Gasteiger partial charge in [0.15, 0.2) is 9.84 Å². The minimum atomic E-state index is -2.77. The van der Waals surface area contributed by atoms with Crippen LogP contribution in [0.5, 0.6) is 0 Å². The second-order valence-corrected chi connectivity index (χ2v) is 6.93. The van der Waals surface area contributed by atoms with Gasteiger partial charge in [-0.2, -0.15) is 0 Å². The molecule has 2 N–H and O–H groups in total. The van der Waals surface area contributed by atoms with Crippen LogP contribution >= 0.6 is 0 Å². The van der Waals surface area contributed by atoms with E-state index in [0.29, 0.717) is 29.9 Å². The van der Waals surface area contributed by atoms with Crippen LogP contribution in [0, 0.1) is 17.8 Å². The van der Waals surface area contributed by atoms with Gasteiger partial charge in [-0.15, -0.1) is 0 Å². The maximum atomic E-state index is 11.5. The third kappa shape index (κ3) is 1.96. The van der Waals surface area contributed by atoms with Crippen LogP contribution in [-0.4, -0.2) is 26.5 Å². The molecule has 2 rings (SSSR count). The molecule has 82 valence electrons. The molecule has 4 heteroatoms. The summed E-state index contributed by atoms with van der Waals surface area (Å²) in [4.78, 5) is 0. The molecule has 0 aromatic carbocycles. The highest BCUT2D eigenvalue weighted by Crippen LogP contribution is 2.39. The molecule has 2 unspecified atom stereocenters. The lowest BCUT2D eigenvalue weighted by atomic mass is 9.83. The van der Waals surface area contributed by atoms with Crippen molar-refractivity contribution < 1.29 is 8.42 Å². The molecule has 2 atom stereocenters. The molecule has 0 bridgehead atoms. The van der Waals surface area contributed by atoms with Gasteiger partial charge >= 0.3 is 0 Å². The summed E-state index contributed by atoms with van der Waals surface area (Å²) in [7, 11) is -2.77. The summed E-state index contributed by atoms with van der Waals surface area (Å²) in [5, 5.41) is 0. The molecule has 1 saturated carbocycles. The SMILES string of the molecule is NCC1CS(=O)(=O)CC1C1CCCC1. The standard InChI is InChI=1S/C10H19NO2S/c11-5-9-6-14(12,13)7-10(9)8-3-1-2-4-8/h8-10H,1-7,11H2. The van der Waals surface area contributed by atoms with Crippen molar-refractivity contribution in [1.82, 2.24) is 0 Å². The van der Waals surface area contributed by atoms with Gasteiger partial charge in [-0.1, -0.05) is 25.7 Å². The molecule has 1 aliphatic heterocycles. The number of hydrogen-bond donors (Lipinski definition) is 1. The van der Waals surface area contributed by atoms with Gasteiger partial charge < -0.3 is 5.73 Å². The molecule has 1 aliphatic carbocycles. The topological polar surface area (TPSA) is 60.2 Å². The van der Waals surface area contributed by atoms with Gasteiger partial charge in [0, 0.05) is 0 Å². The van der Waals surface area contributed by atoms with Crippen LogP contribution in [0.3, 0.4) is 0 Å². The maximum absolute atomic E-state index is 11.5. The van der Waals surface area contributed by atoms with E-state index in [-0.39, 0.29) is 5.92 Å². The average Bonchev–Trinajstić information content (AvgIpc) is 2.70. The smallest absolute Gasteiger partial charge is 0.150 e. The van der Waals surface area contributed by atoms with Gasteiger partial charge in [0.1, 0.15) is 0 Å². The van der Waals surface area contributed by atoms with Gasteiger partial charge in [-0.3, -0.25) is 0 Å². The summed E-state index contributed by atoms with van der Waals surface area (Å²) >= 11 is 0. The third-order valence-electron chi connectivity index (χ3n) is 3.83. The first-order valence-corrected chi connectivity index (χ1v) is 7.35. The van der Waals surface area contributed by atoms with Crippen molar-refractivity contribution in [1.29, 1.82) is 0 Å². The van der Waals surface area contributed by atoms with Crippen molar-refractivity contribution in [3.63, 3.8) is 0 Å². The predicted octanol–water partition coefficient (Wildman–Crippen LogP) is 0.796. The highest BCUT2D eigenvalue weighted by atomic mass is 32.2. The highest BCUT2D eigenvalue weighted by Gasteiger charge is 2.41. The van der Waals surface area contributed by atoms with E-state index in [1.165, 1.54) is 25.7 Å². The second kappa shape index (κ2) is 3.81. The van der Waals surface area contributed by atoms with Crippen LogP contribution in [-0.2, 0) is 9.84 Å². The minimum absolute atomic E-state index is 0.239. The lowest BCUT2D eigenvalue weighted by Gasteiger charge is -2.22. The summed E-state index contributed by atoms with van der Waals surface area (Å²) in [6.45, 7) is 0.542. The quantitative estimate of drug-likeness (QED) is 0.744. The Morgan fingerprint density at radius 1 is 1.14 bits per heavy atom. The highest BCUT2D eigenvalue weighted by molar-refractivity contribution is 7.91. The Labute approximate surface area is 86.0 Å². The Balaban J connectivity index is 2.10. The van der Waals surface area contributed by atoms with E-state index >= 15 is 0 Å². The summed E-state index contributed by atoms with van der Waals surface area (Å²) in [5.74, 6) is 1.99. The molecule has 0 amide bonds. The zero-order valence-corrected chi connectivity index (χ0v) is 9.30. The molecule has 1 saturated heterocycles. The van der Waals surface area contributed by atoms with Gasteiger partial charge in [0.2, 0.25) is 0 Å². The Bertz CT molecular complexity index is 293.